The number of carbonyl (C=O) groups excluding carboxylic acids is 1. The molecule has 6 heteroatoms. The number of hydrogen-bond acceptors (Lipinski definition) is 4. The lowest BCUT2D eigenvalue weighted by Crippen LogP contribution is -2.43. The Hall–Kier alpha value is -3.53. The quantitative estimate of drug-likeness (QED) is 0.334. The number of rotatable bonds is 5. The molecule has 5 rings (SSSR count). The zero-order valence-corrected chi connectivity index (χ0v) is 23.9. The number of benzene rings is 3. The highest BCUT2D eigenvalue weighted by atomic mass is 28.3. The Bertz CT molecular complexity index is 1350. The average molecular weight is 524 g/mol. The van der Waals surface area contributed by atoms with E-state index in [9.17, 15) is 4.79 Å². The molecule has 1 fully saturated rings. The van der Waals surface area contributed by atoms with Crippen LogP contribution in [0.2, 0.25) is 19.6 Å². The fraction of sp³-hybridized carbons (Fsp3) is 0.344. The second kappa shape index (κ2) is 11.1. The molecule has 1 heterocycles. The Morgan fingerprint density at radius 3 is 2.29 bits per heavy atom. The summed E-state index contributed by atoms with van der Waals surface area (Å²) in [6.07, 6.45) is -0.395. The summed E-state index contributed by atoms with van der Waals surface area (Å²) in [6.45, 7) is 13.5. The summed E-state index contributed by atoms with van der Waals surface area (Å²) < 4.78 is 5.78. The third kappa shape index (κ3) is 5.80. The minimum absolute atomic E-state index is 0.0503. The molecule has 1 saturated heterocycles. The Morgan fingerprint density at radius 2 is 1.66 bits per heavy atom. The Balaban J connectivity index is 1.30. The van der Waals surface area contributed by atoms with Gasteiger partial charge in [0.25, 0.3) is 0 Å². The van der Waals surface area contributed by atoms with E-state index in [0.29, 0.717) is 13.2 Å². The molecule has 1 amide bonds. The normalized spacial score (nSPS) is 14.8. The minimum Gasteiger partial charge on any atom is -0.449 e. The molecule has 1 aliphatic heterocycles. The van der Waals surface area contributed by atoms with Crippen molar-refractivity contribution < 1.29 is 9.53 Å². The van der Waals surface area contributed by atoms with Crippen LogP contribution < -0.4 is 15.5 Å². The van der Waals surface area contributed by atoms with E-state index in [0.717, 1.165) is 42.9 Å². The fourth-order valence-electron chi connectivity index (χ4n) is 5.25. The molecule has 2 N–H and O–H groups in total. The van der Waals surface area contributed by atoms with Crippen LogP contribution in [0.5, 0.6) is 0 Å². The number of hydrogen-bond donors (Lipinski definition) is 2. The molecule has 0 unspecified atom stereocenters. The van der Waals surface area contributed by atoms with Crippen molar-refractivity contribution in [2.24, 2.45) is 0 Å². The van der Waals surface area contributed by atoms with Gasteiger partial charge in [0.1, 0.15) is 14.7 Å². The van der Waals surface area contributed by atoms with Crippen LogP contribution in [0, 0.1) is 18.4 Å². The third-order valence-corrected chi connectivity index (χ3v) is 8.20. The summed E-state index contributed by atoms with van der Waals surface area (Å²) in [5.41, 5.74) is 12.8. The smallest absolute Gasteiger partial charge is 0.407 e. The van der Waals surface area contributed by atoms with Gasteiger partial charge in [-0.15, -0.1) is 5.54 Å². The average Bonchev–Trinajstić information content (AvgIpc) is 3.24. The van der Waals surface area contributed by atoms with Crippen molar-refractivity contribution in [2.45, 2.75) is 39.0 Å². The first-order valence-electron chi connectivity index (χ1n) is 13.5. The first-order valence-corrected chi connectivity index (χ1v) is 17.0. The molecule has 0 atom stereocenters. The third-order valence-electron chi connectivity index (χ3n) is 7.32. The molecule has 3 aromatic carbocycles. The van der Waals surface area contributed by atoms with Crippen LogP contribution in [-0.2, 0) is 11.3 Å². The van der Waals surface area contributed by atoms with E-state index < -0.39 is 14.2 Å². The van der Waals surface area contributed by atoms with Crippen LogP contribution in [0.25, 0.3) is 11.1 Å². The van der Waals surface area contributed by atoms with Crippen molar-refractivity contribution in [3.05, 3.63) is 88.5 Å². The predicted molar refractivity (Wildman–Crippen MR) is 158 cm³/mol. The molecule has 38 heavy (non-hydrogen) atoms. The maximum Gasteiger partial charge on any atom is 0.407 e. The minimum atomic E-state index is -1.52. The van der Waals surface area contributed by atoms with E-state index in [2.05, 4.69) is 114 Å². The van der Waals surface area contributed by atoms with E-state index >= 15 is 0 Å². The number of nitrogens with zero attached hydrogens (tertiary/aromatic N) is 1. The molecule has 5 nitrogen and oxygen atoms in total. The highest BCUT2D eigenvalue weighted by Gasteiger charge is 2.29. The second-order valence-corrected chi connectivity index (χ2v) is 15.9. The molecule has 0 aromatic heterocycles. The molecule has 0 bridgehead atoms. The maximum atomic E-state index is 12.9. The summed E-state index contributed by atoms with van der Waals surface area (Å²) in [5.74, 6) is 3.52. The summed E-state index contributed by atoms with van der Waals surface area (Å²) in [5, 5.41) is 6.43. The fourth-order valence-corrected chi connectivity index (χ4v) is 5.76. The van der Waals surface area contributed by atoms with E-state index in [4.69, 9.17) is 4.74 Å². The van der Waals surface area contributed by atoms with Crippen molar-refractivity contribution in [3.8, 4) is 22.6 Å². The molecule has 2 aliphatic rings. The summed E-state index contributed by atoms with van der Waals surface area (Å²) in [4.78, 5) is 15.3. The van der Waals surface area contributed by atoms with Gasteiger partial charge in [-0.1, -0.05) is 74.1 Å². The number of fused-ring (bicyclic) bond motifs is 3. The number of nitrogens with one attached hydrogen (secondary N) is 2. The van der Waals surface area contributed by atoms with Gasteiger partial charge in [-0.2, -0.15) is 0 Å². The standard InChI is InChI=1S/C32H37N3O2Si/c1-23-24(13-18-38(2,3)4)19-26(35-16-14-33-15-17-35)20-25(23)21-34-32(36)37-22-31-29-11-7-5-9-27(29)28-10-6-8-12-30(28)31/h5-12,19-20,31,33H,14-17,21-22H2,1-4H3,(H,34,36). The van der Waals surface area contributed by atoms with Gasteiger partial charge in [0, 0.05) is 49.9 Å². The molecule has 0 saturated carbocycles. The predicted octanol–water partition coefficient (Wildman–Crippen LogP) is 5.67. The van der Waals surface area contributed by atoms with Crippen molar-refractivity contribution >= 4 is 19.9 Å². The van der Waals surface area contributed by atoms with Crippen LogP contribution >= 0.6 is 0 Å². The van der Waals surface area contributed by atoms with Crippen LogP contribution in [0.4, 0.5) is 10.5 Å². The first-order chi connectivity index (χ1) is 18.3. The number of piperazine rings is 1. The van der Waals surface area contributed by atoms with Crippen molar-refractivity contribution in [1.82, 2.24) is 10.6 Å². The van der Waals surface area contributed by atoms with Gasteiger partial charge in [0.2, 0.25) is 0 Å². The molecule has 196 valence electrons. The van der Waals surface area contributed by atoms with Crippen LogP contribution in [0.1, 0.15) is 33.7 Å². The van der Waals surface area contributed by atoms with Crippen LogP contribution in [0.3, 0.4) is 0 Å². The zero-order valence-electron chi connectivity index (χ0n) is 22.9. The first kappa shape index (κ1) is 26.1. The number of amides is 1. The van der Waals surface area contributed by atoms with Gasteiger partial charge in [-0.25, -0.2) is 4.79 Å². The highest BCUT2D eigenvalue weighted by Crippen LogP contribution is 2.44. The molecule has 0 spiro atoms. The van der Waals surface area contributed by atoms with Crippen molar-refractivity contribution in [3.63, 3.8) is 0 Å². The highest BCUT2D eigenvalue weighted by molar-refractivity contribution is 6.83. The summed E-state index contributed by atoms with van der Waals surface area (Å²) >= 11 is 0. The molecular formula is C32H37N3O2Si. The lowest BCUT2D eigenvalue weighted by molar-refractivity contribution is 0.142. The van der Waals surface area contributed by atoms with Gasteiger partial charge in [0.15, 0.2) is 0 Å². The SMILES string of the molecule is Cc1c(C#C[Si](C)(C)C)cc(N2CCNCC2)cc1CNC(=O)OCC1c2ccccc2-c2ccccc21. The van der Waals surface area contributed by atoms with E-state index in [-0.39, 0.29) is 5.92 Å². The number of alkyl carbamates (subject to hydrolysis) is 1. The largest absolute Gasteiger partial charge is 0.449 e. The van der Waals surface area contributed by atoms with E-state index in [1.807, 2.05) is 0 Å². The van der Waals surface area contributed by atoms with E-state index in [1.165, 1.54) is 27.9 Å². The van der Waals surface area contributed by atoms with Crippen LogP contribution in [0.15, 0.2) is 60.7 Å². The second-order valence-electron chi connectivity index (χ2n) is 11.2. The Kier molecular flexibility index (Phi) is 7.60. The lowest BCUT2D eigenvalue weighted by atomic mass is 9.98. The molecule has 1 aliphatic carbocycles. The molecule has 0 radical (unpaired) electrons. The van der Waals surface area contributed by atoms with Crippen LogP contribution in [-0.4, -0.2) is 47.0 Å². The Morgan fingerprint density at radius 1 is 1.03 bits per heavy atom. The number of anilines is 1. The van der Waals surface area contributed by atoms with Gasteiger partial charge < -0.3 is 20.3 Å². The summed E-state index contributed by atoms with van der Waals surface area (Å²) in [7, 11) is -1.52. The molecule has 3 aromatic rings. The number of ether oxygens (including phenoxy) is 1. The van der Waals surface area contributed by atoms with Crippen molar-refractivity contribution in [2.75, 3.05) is 37.7 Å². The topological polar surface area (TPSA) is 53.6 Å². The van der Waals surface area contributed by atoms with Gasteiger partial charge in [-0.05, 0) is 52.4 Å². The summed E-state index contributed by atoms with van der Waals surface area (Å²) in [6, 6.07) is 21.2. The molecular weight excluding hydrogens is 486 g/mol. The zero-order chi connectivity index (χ0) is 26.7. The number of carbonyl (C=O) groups is 1. The van der Waals surface area contributed by atoms with Gasteiger partial charge in [-0.3, -0.25) is 0 Å². The lowest BCUT2D eigenvalue weighted by Gasteiger charge is -2.30. The maximum absolute atomic E-state index is 12.9. The van der Waals surface area contributed by atoms with Gasteiger partial charge >= 0.3 is 6.09 Å². The van der Waals surface area contributed by atoms with Gasteiger partial charge in [0.05, 0.1) is 0 Å². The Labute approximate surface area is 227 Å². The van der Waals surface area contributed by atoms with E-state index in [1.54, 1.807) is 0 Å². The monoisotopic (exact) mass is 523 g/mol. The van der Waals surface area contributed by atoms with Crippen molar-refractivity contribution in [1.29, 1.82) is 0 Å².